The number of morpholine rings is 1. The second-order valence-electron chi connectivity index (χ2n) is 4.44. The summed E-state index contributed by atoms with van der Waals surface area (Å²) in [7, 11) is -1.09. The van der Waals surface area contributed by atoms with Gasteiger partial charge in [-0.05, 0) is 18.7 Å². The average Bonchev–Trinajstić information content (AvgIpc) is 2.39. The zero-order chi connectivity index (χ0) is 13.0. The summed E-state index contributed by atoms with van der Waals surface area (Å²) in [5.41, 5.74) is 6.43. The molecule has 1 aromatic carbocycles. The number of rotatable bonds is 4. The molecule has 1 aliphatic heterocycles. The second kappa shape index (κ2) is 6.31. The van der Waals surface area contributed by atoms with E-state index in [-0.39, 0.29) is 6.10 Å². The highest BCUT2D eigenvalue weighted by molar-refractivity contribution is 7.85. The quantitative estimate of drug-likeness (QED) is 0.831. The monoisotopic (exact) mass is 268 g/mol. The Morgan fingerprint density at radius 3 is 3.00 bits per heavy atom. The van der Waals surface area contributed by atoms with Crippen molar-refractivity contribution < 1.29 is 8.95 Å². The number of hydrogen-bond acceptors (Lipinski definition) is 4. The van der Waals surface area contributed by atoms with Crippen molar-refractivity contribution in [2.45, 2.75) is 17.9 Å². The smallest absolute Gasteiger partial charge is 0.0821 e. The van der Waals surface area contributed by atoms with Crippen LogP contribution in [0.1, 0.15) is 6.92 Å². The summed E-state index contributed by atoms with van der Waals surface area (Å²) in [5.74, 6) is 0.519. The molecule has 1 heterocycles. The van der Waals surface area contributed by atoms with Crippen molar-refractivity contribution >= 4 is 16.5 Å². The van der Waals surface area contributed by atoms with Gasteiger partial charge in [0.25, 0.3) is 0 Å². The maximum atomic E-state index is 12.3. The first-order valence-electron chi connectivity index (χ1n) is 6.27. The molecule has 0 radical (unpaired) electrons. The molecule has 18 heavy (non-hydrogen) atoms. The minimum absolute atomic E-state index is 0.0409. The number of nitrogens with zero attached hydrogens (tertiary/aromatic N) is 1. The number of nitrogen functional groups attached to an aromatic ring is 1. The third-order valence-corrected chi connectivity index (χ3v) is 4.71. The molecule has 1 aromatic rings. The van der Waals surface area contributed by atoms with E-state index < -0.39 is 10.8 Å². The van der Waals surface area contributed by atoms with E-state index >= 15 is 0 Å². The van der Waals surface area contributed by atoms with Crippen molar-refractivity contribution in [2.75, 3.05) is 37.7 Å². The van der Waals surface area contributed by atoms with Crippen LogP contribution in [-0.2, 0) is 15.5 Å². The van der Waals surface area contributed by atoms with Crippen LogP contribution in [0.3, 0.4) is 0 Å². The van der Waals surface area contributed by atoms with Crippen LogP contribution in [0.5, 0.6) is 0 Å². The lowest BCUT2D eigenvalue weighted by molar-refractivity contribution is -0.0141. The van der Waals surface area contributed by atoms with Crippen LogP contribution in [0.2, 0.25) is 0 Å². The molecule has 100 valence electrons. The van der Waals surface area contributed by atoms with Crippen LogP contribution in [0.15, 0.2) is 29.2 Å². The van der Waals surface area contributed by atoms with E-state index in [0.717, 1.165) is 31.1 Å². The summed E-state index contributed by atoms with van der Waals surface area (Å²) < 4.78 is 17.9. The fourth-order valence-electron chi connectivity index (χ4n) is 2.11. The largest absolute Gasteiger partial charge is 0.398 e. The van der Waals surface area contributed by atoms with Crippen LogP contribution in [0.4, 0.5) is 5.69 Å². The summed E-state index contributed by atoms with van der Waals surface area (Å²) >= 11 is 0. The molecule has 2 N–H and O–H groups in total. The van der Waals surface area contributed by atoms with Gasteiger partial charge in [0, 0.05) is 18.8 Å². The summed E-state index contributed by atoms with van der Waals surface area (Å²) in [6.45, 7) is 5.69. The molecule has 1 fully saturated rings. The number of para-hydroxylation sites is 1. The highest BCUT2D eigenvalue weighted by atomic mass is 32.2. The standard InChI is InChI=1S/C13H20N2O2S/c1-2-15-7-8-17-11(9-15)10-18(16)13-6-4-3-5-12(13)14/h3-6,11H,2,7-10,14H2,1H3. The van der Waals surface area contributed by atoms with Gasteiger partial charge in [0.2, 0.25) is 0 Å². The maximum absolute atomic E-state index is 12.3. The summed E-state index contributed by atoms with van der Waals surface area (Å²) in [4.78, 5) is 3.04. The van der Waals surface area contributed by atoms with Gasteiger partial charge < -0.3 is 10.5 Å². The zero-order valence-electron chi connectivity index (χ0n) is 10.7. The summed E-state index contributed by atoms with van der Waals surface area (Å²) in [6.07, 6.45) is 0.0409. The zero-order valence-corrected chi connectivity index (χ0v) is 11.5. The first-order chi connectivity index (χ1) is 8.70. The third-order valence-electron chi connectivity index (χ3n) is 3.17. The topological polar surface area (TPSA) is 55.6 Å². The Morgan fingerprint density at radius 1 is 1.50 bits per heavy atom. The number of nitrogens with two attached hydrogens (primary N) is 1. The third kappa shape index (κ3) is 3.31. The van der Waals surface area contributed by atoms with Crippen molar-refractivity contribution in [3.05, 3.63) is 24.3 Å². The highest BCUT2D eigenvalue weighted by Gasteiger charge is 2.22. The van der Waals surface area contributed by atoms with E-state index in [1.54, 1.807) is 6.07 Å². The summed E-state index contributed by atoms with van der Waals surface area (Å²) in [5, 5.41) is 0. The van der Waals surface area contributed by atoms with Crippen LogP contribution in [0, 0.1) is 0 Å². The number of hydrogen-bond donors (Lipinski definition) is 1. The minimum Gasteiger partial charge on any atom is -0.398 e. The number of ether oxygens (including phenoxy) is 1. The van der Waals surface area contributed by atoms with Gasteiger partial charge >= 0.3 is 0 Å². The van der Waals surface area contributed by atoms with Gasteiger partial charge in [-0.2, -0.15) is 0 Å². The van der Waals surface area contributed by atoms with E-state index in [1.807, 2.05) is 18.2 Å². The van der Waals surface area contributed by atoms with Gasteiger partial charge in [-0.25, -0.2) is 0 Å². The van der Waals surface area contributed by atoms with E-state index in [2.05, 4.69) is 11.8 Å². The SMILES string of the molecule is CCN1CCOC(CS(=O)c2ccccc2N)C1. The van der Waals surface area contributed by atoms with Gasteiger partial charge in [-0.3, -0.25) is 9.11 Å². The average molecular weight is 268 g/mol. The van der Waals surface area contributed by atoms with Crippen molar-refractivity contribution in [1.82, 2.24) is 4.90 Å². The fraction of sp³-hybridized carbons (Fsp3) is 0.538. The van der Waals surface area contributed by atoms with E-state index in [4.69, 9.17) is 10.5 Å². The first-order valence-corrected chi connectivity index (χ1v) is 7.59. The predicted octanol–water partition coefficient (Wildman–Crippen LogP) is 1.10. The molecule has 0 saturated carbocycles. The molecule has 4 nitrogen and oxygen atoms in total. The van der Waals surface area contributed by atoms with Crippen LogP contribution in [0.25, 0.3) is 0 Å². The molecule has 0 amide bonds. The normalized spacial score (nSPS) is 22.8. The van der Waals surface area contributed by atoms with Gasteiger partial charge in [0.1, 0.15) is 0 Å². The molecule has 0 aliphatic carbocycles. The van der Waals surface area contributed by atoms with Gasteiger partial charge in [-0.15, -0.1) is 0 Å². The Bertz CT molecular complexity index is 425. The predicted molar refractivity (Wildman–Crippen MR) is 74.0 cm³/mol. The van der Waals surface area contributed by atoms with Crippen LogP contribution < -0.4 is 5.73 Å². The molecule has 2 atom stereocenters. The van der Waals surface area contributed by atoms with Gasteiger partial charge in [-0.1, -0.05) is 19.1 Å². The Morgan fingerprint density at radius 2 is 2.28 bits per heavy atom. The molecule has 1 aliphatic rings. The van der Waals surface area contributed by atoms with E-state index in [0.29, 0.717) is 11.4 Å². The molecular formula is C13H20N2O2S. The lowest BCUT2D eigenvalue weighted by atomic mass is 10.3. The molecule has 0 spiro atoms. The first kappa shape index (κ1) is 13.5. The second-order valence-corrected chi connectivity index (χ2v) is 5.90. The Hall–Kier alpha value is -0.910. The van der Waals surface area contributed by atoms with Gasteiger partial charge in [0.05, 0.1) is 34.2 Å². The summed E-state index contributed by atoms with van der Waals surface area (Å²) in [6, 6.07) is 7.33. The van der Waals surface area contributed by atoms with Crippen LogP contribution in [-0.4, -0.2) is 47.2 Å². The Labute approximate surface area is 111 Å². The van der Waals surface area contributed by atoms with E-state index in [9.17, 15) is 4.21 Å². The number of likely N-dealkylation sites (N-methyl/N-ethyl adjacent to an activating group) is 1. The van der Waals surface area contributed by atoms with Crippen LogP contribution >= 0.6 is 0 Å². The van der Waals surface area contributed by atoms with Crippen molar-refractivity contribution in [1.29, 1.82) is 0 Å². The lowest BCUT2D eigenvalue weighted by Crippen LogP contribution is -2.44. The molecule has 1 saturated heterocycles. The molecule has 2 rings (SSSR count). The highest BCUT2D eigenvalue weighted by Crippen LogP contribution is 2.17. The van der Waals surface area contributed by atoms with E-state index in [1.165, 1.54) is 0 Å². The molecule has 0 aromatic heterocycles. The fourth-order valence-corrected chi connectivity index (χ4v) is 3.40. The van der Waals surface area contributed by atoms with Crippen molar-refractivity contribution in [2.24, 2.45) is 0 Å². The Balaban J connectivity index is 1.97. The molecule has 5 heteroatoms. The minimum atomic E-state index is -1.09. The molecule has 2 unspecified atom stereocenters. The molecular weight excluding hydrogens is 248 g/mol. The maximum Gasteiger partial charge on any atom is 0.0821 e. The number of benzene rings is 1. The number of anilines is 1. The molecule has 0 bridgehead atoms. The van der Waals surface area contributed by atoms with Crippen molar-refractivity contribution in [3.8, 4) is 0 Å². The lowest BCUT2D eigenvalue weighted by Gasteiger charge is -2.31. The Kier molecular flexibility index (Phi) is 4.74. The van der Waals surface area contributed by atoms with Crippen molar-refractivity contribution in [3.63, 3.8) is 0 Å². The van der Waals surface area contributed by atoms with Gasteiger partial charge in [0.15, 0.2) is 0 Å².